The quantitative estimate of drug-likeness (QED) is 0.845. The van der Waals surface area contributed by atoms with Gasteiger partial charge in [-0.15, -0.1) is 0 Å². The third-order valence-electron chi connectivity index (χ3n) is 2.37. The molecule has 8 heteroatoms. The molecule has 2 aromatic rings. The lowest BCUT2D eigenvalue weighted by atomic mass is 10.2. The van der Waals surface area contributed by atoms with E-state index in [4.69, 9.17) is 9.29 Å². The van der Waals surface area contributed by atoms with Gasteiger partial charge in [0.05, 0.1) is 0 Å². The molecule has 1 aromatic carbocycles. The third-order valence-corrected chi connectivity index (χ3v) is 3.59. The molecule has 0 spiro atoms. The van der Waals surface area contributed by atoms with Crippen molar-refractivity contribution in [1.82, 2.24) is 9.97 Å². The van der Waals surface area contributed by atoms with Crippen molar-refractivity contribution in [3.05, 3.63) is 47.9 Å². The number of rotatable bonds is 4. The fourth-order valence-electron chi connectivity index (χ4n) is 1.39. The minimum atomic E-state index is -4.15. The van der Waals surface area contributed by atoms with Gasteiger partial charge in [-0.25, -0.2) is 14.8 Å². The van der Waals surface area contributed by atoms with Gasteiger partial charge in [-0.05, 0) is 19.1 Å². The molecule has 7 nitrogen and oxygen atoms in total. The van der Waals surface area contributed by atoms with Gasteiger partial charge in [0.25, 0.3) is 5.88 Å². The lowest BCUT2D eigenvalue weighted by molar-refractivity contribution is 0.0687. The first-order valence-electron chi connectivity index (χ1n) is 5.45. The first-order valence-corrected chi connectivity index (χ1v) is 6.86. The van der Waals surface area contributed by atoms with Gasteiger partial charge in [-0.1, -0.05) is 17.7 Å². The Morgan fingerprint density at radius 2 is 1.75 bits per heavy atom. The van der Waals surface area contributed by atoms with Crippen molar-refractivity contribution < 1.29 is 22.5 Å². The number of carbonyl (C=O) groups is 1. The highest BCUT2D eigenvalue weighted by molar-refractivity contribution is 7.87. The zero-order valence-electron chi connectivity index (χ0n) is 10.3. The number of hydrogen-bond donors (Lipinski definition) is 1. The number of aromatic nitrogens is 2. The molecule has 0 aliphatic rings. The van der Waals surface area contributed by atoms with Crippen molar-refractivity contribution >= 4 is 16.1 Å². The topological polar surface area (TPSA) is 106 Å². The summed E-state index contributed by atoms with van der Waals surface area (Å²) in [4.78, 5) is 17.9. The fraction of sp³-hybridized carbons (Fsp3) is 0.0833. The van der Waals surface area contributed by atoms with Crippen LogP contribution in [0.25, 0.3) is 0 Å². The molecule has 2 rings (SSSR count). The number of carboxylic acid groups (broad SMARTS) is 1. The first-order chi connectivity index (χ1) is 9.40. The van der Waals surface area contributed by atoms with Crippen LogP contribution in [0.3, 0.4) is 0 Å². The van der Waals surface area contributed by atoms with Crippen molar-refractivity contribution in [1.29, 1.82) is 0 Å². The summed E-state index contributed by atoms with van der Waals surface area (Å²) in [6.45, 7) is 1.81. The summed E-state index contributed by atoms with van der Waals surface area (Å²) < 4.78 is 28.7. The van der Waals surface area contributed by atoms with E-state index in [1.807, 2.05) is 6.92 Å². The second kappa shape index (κ2) is 5.25. The minimum absolute atomic E-state index is 0.0925. The van der Waals surface area contributed by atoms with Crippen LogP contribution >= 0.6 is 0 Å². The molecule has 0 unspecified atom stereocenters. The number of benzene rings is 1. The maximum absolute atomic E-state index is 12.0. The second-order valence-corrected chi connectivity index (χ2v) is 5.41. The predicted octanol–water partition coefficient (Wildman–Crippen LogP) is 1.25. The largest absolute Gasteiger partial charge is 0.476 e. The zero-order chi connectivity index (χ0) is 14.8. The molecule has 104 valence electrons. The molecule has 1 aromatic heterocycles. The van der Waals surface area contributed by atoms with Gasteiger partial charge in [0.2, 0.25) is 5.69 Å². The molecule has 0 aliphatic heterocycles. The van der Waals surface area contributed by atoms with Gasteiger partial charge >= 0.3 is 16.1 Å². The molecule has 0 amide bonds. The van der Waals surface area contributed by atoms with Gasteiger partial charge < -0.3 is 9.29 Å². The Morgan fingerprint density at radius 1 is 1.15 bits per heavy atom. The van der Waals surface area contributed by atoms with E-state index in [1.54, 1.807) is 12.1 Å². The molecule has 0 fully saturated rings. The molecule has 0 aliphatic carbocycles. The normalized spacial score (nSPS) is 11.1. The number of aromatic carboxylic acids is 1. The fourth-order valence-corrected chi connectivity index (χ4v) is 2.29. The van der Waals surface area contributed by atoms with Crippen molar-refractivity contribution in [2.75, 3.05) is 0 Å². The van der Waals surface area contributed by atoms with Crippen LogP contribution in [-0.4, -0.2) is 29.5 Å². The summed E-state index contributed by atoms with van der Waals surface area (Å²) in [5.41, 5.74) is 0.317. The van der Waals surface area contributed by atoms with Crippen LogP contribution in [0.2, 0.25) is 0 Å². The average Bonchev–Trinajstić information content (AvgIpc) is 2.39. The monoisotopic (exact) mass is 294 g/mol. The van der Waals surface area contributed by atoms with Gasteiger partial charge in [-0.3, -0.25) is 0 Å². The molecular formula is C12H10N2O5S. The number of carboxylic acids is 1. The highest BCUT2D eigenvalue weighted by atomic mass is 32.2. The number of aryl methyl sites for hydroxylation is 1. The molecule has 1 N–H and O–H groups in total. The summed E-state index contributed by atoms with van der Waals surface area (Å²) >= 11 is 0. The summed E-state index contributed by atoms with van der Waals surface area (Å²) in [5, 5.41) is 8.89. The van der Waals surface area contributed by atoms with Gasteiger partial charge in [0.1, 0.15) is 4.90 Å². The summed E-state index contributed by atoms with van der Waals surface area (Å²) in [6, 6.07) is 5.93. The maximum atomic E-state index is 12.0. The Hall–Kier alpha value is -2.48. The molecule has 0 saturated carbocycles. The van der Waals surface area contributed by atoms with E-state index < -0.39 is 27.7 Å². The number of hydrogen-bond acceptors (Lipinski definition) is 6. The second-order valence-electron chi connectivity index (χ2n) is 3.87. The van der Waals surface area contributed by atoms with E-state index >= 15 is 0 Å². The van der Waals surface area contributed by atoms with E-state index in [1.165, 1.54) is 12.1 Å². The van der Waals surface area contributed by atoms with Gasteiger partial charge in [-0.2, -0.15) is 8.42 Å². The van der Waals surface area contributed by atoms with Crippen molar-refractivity contribution in [2.45, 2.75) is 11.8 Å². The van der Waals surface area contributed by atoms with Gasteiger partial charge in [0, 0.05) is 12.4 Å². The summed E-state index contributed by atoms with van der Waals surface area (Å²) in [7, 11) is -4.15. The van der Waals surface area contributed by atoms with E-state index in [-0.39, 0.29) is 4.90 Å². The molecule has 20 heavy (non-hydrogen) atoms. The Kier molecular flexibility index (Phi) is 3.66. The van der Waals surface area contributed by atoms with E-state index in [9.17, 15) is 13.2 Å². The van der Waals surface area contributed by atoms with Crippen LogP contribution in [0, 0.1) is 6.92 Å². The highest BCUT2D eigenvalue weighted by Gasteiger charge is 2.22. The lowest BCUT2D eigenvalue weighted by Crippen LogP contribution is -2.14. The lowest BCUT2D eigenvalue weighted by Gasteiger charge is -2.07. The van der Waals surface area contributed by atoms with Crippen LogP contribution in [0.15, 0.2) is 41.6 Å². The number of nitrogens with zero attached hydrogens (tertiary/aromatic N) is 2. The predicted molar refractivity (Wildman–Crippen MR) is 68.0 cm³/mol. The smallest absolute Gasteiger partial charge is 0.360 e. The van der Waals surface area contributed by atoms with Crippen molar-refractivity contribution in [2.24, 2.45) is 0 Å². The molecule has 0 bridgehead atoms. The van der Waals surface area contributed by atoms with Crippen LogP contribution in [0.5, 0.6) is 5.88 Å². The van der Waals surface area contributed by atoms with Crippen LogP contribution < -0.4 is 4.18 Å². The molecule has 0 radical (unpaired) electrons. The SMILES string of the molecule is Cc1ccc(S(=O)(=O)Oc2nccnc2C(=O)O)cc1. The molecule has 1 heterocycles. The Morgan fingerprint density at radius 3 is 2.35 bits per heavy atom. The van der Waals surface area contributed by atoms with E-state index in [0.717, 1.165) is 18.0 Å². The first kappa shape index (κ1) is 13.9. The van der Waals surface area contributed by atoms with E-state index in [2.05, 4.69) is 9.97 Å². The minimum Gasteiger partial charge on any atom is -0.476 e. The van der Waals surface area contributed by atoms with E-state index in [0.29, 0.717) is 0 Å². The molecule has 0 saturated heterocycles. The summed E-state index contributed by atoms with van der Waals surface area (Å²) in [6.07, 6.45) is 2.28. The van der Waals surface area contributed by atoms with Crippen molar-refractivity contribution in [3.63, 3.8) is 0 Å². The zero-order valence-corrected chi connectivity index (χ0v) is 11.2. The van der Waals surface area contributed by atoms with Gasteiger partial charge in [0.15, 0.2) is 0 Å². The maximum Gasteiger partial charge on any atom is 0.360 e. The third kappa shape index (κ3) is 2.91. The van der Waals surface area contributed by atoms with Crippen molar-refractivity contribution in [3.8, 4) is 5.88 Å². The highest BCUT2D eigenvalue weighted by Crippen LogP contribution is 2.19. The van der Waals surface area contributed by atoms with Crippen LogP contribution in [0.1, 0.15) is 16.1 Å². The Labute approximate surface area is 115 Å². The molecule has 0 atom stereocenters. The summed E-state index contributed by atoms with van der Waals surface area (Å²) in [5.74, 6) is -1.99. The van der Waals surface area contributed by atoms with Crippen LogP contribution in [-0.2, 0) is 10.1 Å². The average molecular weight is 294 g/mol. The Bertz CT molecular complexity index is 741. The molecular weight excluding hydrogens is 284 g/mol. The van der Waals surface area contributed by atoms with Crippen LogP contribution in [0.4, 0.5) is 0 Å². The Balaban J connectivity index is 2.38. The standard InChI is InChI=1S/C12H10N2O5S/c1-8-2-4-9(5-3-8)20(17,18)19-11-10(12(15)16)13-6-7-14-11/h2-7H,1H3,(H,15,16).